The minimum absolute atomic E-state index is 0.159. The van der Waals surface area contributed by atoms with E-state index in [1.54, 1.807) is 23.6 Å². The quantitative estimate of drug-likeness (QED) is 0.428. The number of fused-ring (bicyclic) bond motifs is 1. The van der Waals surface area contributed by atoms with Gasteiger partial charge in [-0.1, -0.05) is 24.6 Å². The number of benzene rings is 1. The molecule has 7 heteroatoms. The van der Waals surface area contributed by atoms with Crippen molar-refractivity contribution in [2.24, 2.45) is 17.8 Å². The molecule has 1 aliphatic heterocycles. The Morgan fingerprint density at radius 2 is 1.96 bits per heavy atom. The van der Waals surface area contributed by atoms with Gasteiger partial charge in [0.05, 0.1) is 17.5 Å². The molecule has 4 rings (SSSR count). The molecule has 27 heavy (non-hydrogen) atoms. The summed E-state index contributed by atoms with van der Waals surface area (Å²) in [6.07, 6.45) is 2.35. The number of carbonyl (C=O) groups is 3. The molecule has 0 N–H and O–H groups in total. The summed E-state index contributed by atoms with van der Waals surface area (Å²) in [5, 5.41) is 2.14. The van der Waals surface area contributed by atoms with E-state index in [1.807, 2.05) is 0 Å². The number of carbonyl (C=O) groups excluding carboxylic acids is 3. The van der Waals surface area contributed by atoms with Crippen LogP contribution in [0.4, 0.5) is 5.69 Å². The zero-order valence-electron chi connectivity index (χ0n) is 14.7. The maximum Gasteiger partial charge on any atom is 0.353 e. The first-order chi connectivity index (χ1) is 13.0. The molecule has 0 spiro atoms. The van der Waals surface area contributed by atoms with Gasteiger partial charge in [-0.3, -0.25) is 9.59 Å². The number of anilines is 1. The van der Waals surface area contributed by atoms with Crippen LogP contribution >= 0.6 is 22.9 Å². The first kappa shape index (κ1) is 18.2. The molecule has 2 aliphatic rings. The monoisotopic (exact) mass is 403 g/mol. The highest BCUT2D eigenvalue weighted by atomic mass is 35.5. The van der Waals surface area contributed by atoms with Crippen molar-refractivity contribution in [3.05, 3.63) is 45.6 Å². The van der Waals surface area contributed by atoms with Gasteiger partial charge in [-0.15, -0.1) is 11.3 Å². The average molecular weight is 404 g/mol. The lowest BCUT2D eigenvalue weighted by atomic mass is 9.76. The minimum atomic E-state index is -0.529. The smallest absolute Gasteiger partial charge is 0.353 e. The van der Waals surface area contributed by atoms with E-state index in [0.717, 1.165) is 11.3 Å². The Morgan fingerprint density at radius 3 is 2.70 bits per heavy atom. The van der Waals surface area contributed by atoms with Crippen LogP contribution in [0.25, 0.3) is 0 Å². The van der Waals surface area contributed by atoms with Crippen molar-refractivity contribution < 1.29 is 19.1 Å². The third-order valence-corrected chi connectivity index (χ3v) is 6.36. The molecule has 140 valence electrons. The molecule has 2 fully saturated rings. The predicted molar refractivity (Wildman–Crippen MR) is 103 cm³/mol. The molecule has 0 radical (unpaired) electrons. The first-order valence-electron chi connectivity index (χ1n) is 8.88. The van der Waals surface area contributed by atoms with E-state index in [0.29, 0.717) is 28.7 Å². The summed E-state index contributed by atoms with van der Waals surface area (Å²) in [7, 11) is 0. The summed E-state index contributed by atoms with van der Waals surface area (Å²) in [6, 6.07) is 8.01. The van der Waals surface area contributed by atoms with Crippen LogP contribution < -0.4 is 9.64 Å². The van der Waals surface area contributed by atoms with Crippen molar-refractivity contribution >= 4 is 46.4 Å². The third-order valence-electron chi connectivity index (χ3n) is 5.27. The summed E-state index contributed by atoms with van der Waals surface area (Å²) in [4.78, 5) is 39.9. The highest BCUT2D eigenvalue weighted by molar-refractivity contribution is 7.12. The maximum absolute atomic E-state index is 13.0. The molecular weight excluding hydrogens is 386 g/mol. The van der Waals surface area contributed by atoms with E-state index in [-0.39, 0.29) is 35.1 Å². The van der Waals surface area contributed by atoms with Crippen molar-refractivity contribution in [1.82, 2.24) is 0 Å². The molecule has 5 nitrogen and oxygen atoms in total. The number of amides is 2. The Morgan fingerprint density at radius 1 is 1.19 bits per heavy atom. The molecule has 3 atom stereocenters. The van der Waals surface area contributed by atoms with Crippen molar-refractivity contribution in [1.29, 1.82) is 0 Å². The number of nitrogens with zero attached hydrogens (tertiary/aromatic N) is 1. The van der Waals surface area contributed by atoms with Crippen LogP contribution in [0.2, 0.25) is 5.02 Å². The van der Waals surface area contributed by atoms with Gasteiger partial charge in [0.2, 0.25) is 11.8 Å². The minimum Gasteiger partial charge on any atom is -0.420 e. The summed E-state index contributed by atoms with van der Waals surface area (Å²) < 4.78 is 5.50. The lowest BCUT2D eigenvalue weighted by molar-refractivity contribution is -0.122. The number of hydrogen-bond acceptors (Lipinski definition) is 5. The zero-order valence-corrected chi connectivity index (χ0v) is 16.3. The largest absolute Gasteiger partial charge is 0.420 e. The van der Waals surface area contributed by atoms with Crippen LogP contribution in [-0.4, -0.2) is 17.8 Å². The number of thiophene rings is 1. The molecule has 1 aliphatic carbocycles. The van der Waals surface area contributed by atoms with E-state index in [1.165, 1.54) is 23.5 Å². The van der Waals surface area contributed by atoms with E-state index in [4.69, 9.17) is 16.3 Å². The lowest BCUT2D eigenvalue weighted by Crippen LogP contribution is -2.31. The number of imide groups is 1. The Bertz CT molecular complexity index is 911. The van der Waals surface area contributed by atoms with Gasteiger partial charge in [-0.25, -0.2) is 9.69 Å². The number of rotatable bonds is 3. The number of esters is 1. The second-order valence-electron chi connectivity index (χ2n) is 7.12. The van der Waals surface area contributed by atoms with Crippen LogP contribution in [0, 0.1) is 17.8 Å². The maximum atomic E-state index is 13.0. The molecule has 1 saturated carbocycles. The van der Waals surface area contributed by atoms with Gasteiger partial charge in [-0.05, 0) is 54.8 Å². The van der Waals surface area contributed by atoms with Gasteiger partial charge < -0.3 is 4.74 Å². The van der Waals surface area contributed by atoms with E-state index >= 15 is 0 Å². The topological polar surface area (TPSA) is 63.7 Å². The van der Waals surface area contributed by atoms with Crippen LogP contribution in [0.3, 0.4) is 0 Å². The molecule has 2 aromatic rings. The SMILES string of the molecule is CC1CCC2C(=O)N(c3cc(Cl)ccc3OC(=O)c3cccs3)C(=O)C2C1. The van der Waals surface area contributed by atoms with Crippen molar-refractivity contribution in [2.45, 2.75) is 26.2 Å². The summed E-state index contributed by atoms with van der Waals surface area (Å²) in [5.41, 5.74) is 0.240. The molecule has 0 bridgehead atoms. The van der Waals surface area contributed by atoms with E-state index in [9.17, 15) is 14.4 Å². The first-order valence-corrected chi connectivity index (χ1v) is 10.1. The van der Waals surface area contributed by atoms with Gasteiger partial charge in [0, 0.05) is 5.02 Å². The van der Waals surface area contributed by atoms with Gasteiger partial charge in [-0.2, -0.15) is 0 Å². The van der Waals surface area contributed by atoms with Crippen molar-refractivity contribution in [3.8, 4) is 5.75 Å². The normalized spacial score (nSPS) is 24.8. The van der Waals surface area contributed by atoms with Gasteiger partial charge in [0.25, 0.3) is 0 Å². The Hall–Kier alpha value is -2.18. The molecule has 2 amide bonds. The summed E-state index contributed by atoms with van der Waals surface area (Å²) in [5.74, 6) is -1.02. The highest BCUT2D eigenvalue weighted by Crippen LogP contribution is 2.44. The third kappa shape index (κ3) is 3.28. The molecule has 1 saturated heterocycles. The molecular formula is C20H18ClNO4S. The fourth-order valence-electron chi connectivity index (χ4n) is 3.92. The van der Waals surface area contributed by atoms with Crippen LogP contribution in [-0.2, 0) is 9.59 Å². The summed E-state index contributed by atoms with van der Waals surface area (Å²) >= 11 is 7.38. The highest BCUT2D eigenvalue weighted by Gasteiger charge is 2.50. The Balaban J connectivity index is 1.69. The number of ether oxygens (including phenoxy) is 1. The molecule has 3 unspecified atom stereocenters. The van der Waals surface area contributed by atoms with Crippen molar-refractivity contribution in [2.75, 3.05) is 4.90 Å². The van der Waals surface area contributed by atoms with Gasteiger partial charge >= 0.3 is 5.97 Å². The van der Waals surface area contributed by atoms with Crippen LogP contribution in [0.5, 0.6) is 5.75 Å². The fourth-order valence-corrected chi connectivity index (χ4v) is 4.69. The lowest BCUT2D eigenvalue weighted by Gasteiger charge is -2.25. The van der Waals surface area contributed by atoms with E-state index < -0.39 is 5.97 Å². The van der Waals surface area contributed by atoms with E-state index in [2.05, 4.69) is 6.92 Å². The van der Waals surface area contributed by atoms with Gasteiger partial charge in [0.15, 0.2) is 5.75 Å². The predicted octanol–water partition coefficient (Wildman–Crippen LogP) is 4.55. The molecule has 1 aromatic heterocycles. The van der Waals surface area contributed by atoms with Crippen LogP contribution in [0.1, 0.15) is 35.9 Å². The molecule has 2 heterocycles. The van der Waals surface area contributed by atoms with Gasteiger partial charge in [0.1, 0.15) is 4.88 Å². The molecule has 1 aromatic carbocycles. The average Bonchev–Trinajstić information content (AvgIpc) is 3.25. The standard InChI is InChI=1S/C20H18ClNO4S/c1-11-4-6-13-14(9-11)19(24)22(18(13)23)15-10-12(21)5-7-16(15)26-20(25)17-3-2-8-27-17/h2-3,5,7-8,10-11,13-14H,4,6,9H2,1H3. The summed E-state index contributed by atoms with van der Waals surface area (Å²) in [6.45, 7) is 2.10. The number of hydrogen-bond donors (Lipinski definition) is 0. The number of halogens is 1. The zero-order chi connectivity index (χ0) is 19.1. The second kappa shape index (κ2) is 7.09. The van der Waals surface area contributed by atoms with Crippen molar-refractivity contribution in [3.63, 3.8) is 0 Å². The fraction of sp³-hybridized carbons (Fsp3) is 0.350. The Labute approximate surface area is 165 Å². The van der Waals surface area contributed by atoms with Crippen LogP contribution in [0.15, 0.2) is 35.7 Å². The Kier molecular flexibility index (Phi) is 4.78. The second-order valence-corrected chi connectivity index (χ2v) is 8.51.